The third kappa shape index (κ3) is 2.79. The van der Waals surface area contributed by atoms with Gasteiger partial charge in [-0.25, -0.2) is 8.42 Å². The molecule has 1 aliphatic rings. The molecule has 1 heterocycles. The Morgan fingerprint density at radius 3 is 2.89 bits per heavy atom. The zero-order valence-corrected chi connectivity index (χ0v) is 11.4. The van der Waals surface area contributed by atoms with Gasteiger partial charge >= 0.3 is 5.97 Å². The molecule has 1 aromatic heterocycles. The van der Waals surface area contributed by atoms with Crippen molar-refractivity contribution in [1.82, 2.24) is 14.9 Å². The van der Waals surface area contributed by atoms with Gasteiger partial charge in [0.25, 0.3) is 0 Å². The van der Waals surface area contributed by atoms with Crippen LogP contribution in [0.2, 0.25) is 0 Å². The first kappa shape index (κ1) is 14.0. The van der Waals surface area contributed by atoms with Crippen molar-refractivity contribution in [3.8, 4) is 0 Å². The van der Waals surface area contributed by atoms with Crippen LogP contribution in [0.1, 0.15) is 32.6 Å². The molecule has 0 amide bonds. The maximum atomic E-state index is 12.1. The van der Waals surface area contributed by atoms with Crippen molar-refractivity contribution in [2.45, 2.75) is 43.0 Å². The fraction of sp³-hybridized carbons (Fsp3) is 0.636. The molecule has 1 saturated carbocycles. The predicted molar refractivity (Wildman–Crippen MR) is 66.9 cm³/mol. The fourth-order valence-electron chi connectivity index (χ4n) is 2.58. The lowest BCUT2D eigenvalue weighted by atomic mass is 9.77. The maximum absolute atomic E-state index is 12.1. The second kappa shape index (κ2) is 4.93. The number of aromatic nitrogens is 2. The number of hydrogen-bond donors (Lipinski definition) is 3. The SMILES string of the molecule is CC1CCCC(NS(=O)(=O)c2cn[nH]c2)(C(=O)O)C1. The Bertz CT molecular complexity index is 555. The zero-order valence-electron chi connectivity index (χ0n) is 10.6. The highest BCUT2D eigenvalue weighted by Crippen LogP contribution is 2.33. The third-order valence-corrected chi connectivity index (χ3v) is 5.02. The van der Waals surface area contributed by atoms with E-state index in [4.69, 9.17) is 0 Å². The summed E-state index contributed by atoms with van der Waals surface area (Å²) in [7, 11) is -3.87. The minimum absolute atomic E-state index is 0.0497. The number of carboxylic acid groups (broad SMARTS) is 1. The van der Waals surface area contributed by atoms with E-state index in [0.29, 0.717) is 19.3 Å². The van der Waals surface area contributed by atoms with Crippen LogP contribution in [0.3, 0.4) is 0 Å². The molecule has 1 aliphatic carbocycles. The predicted octanol–water partition coefficient (Wildman–Crippen LogP) is 0.721. The van der Waals surface area contributed by atoms with Crippen molar-refractivity contribution in [3.05, 3.63) is 12.4 Å². The van der Waals surface area contributed by atoms with Crippen LogP contribution < -0.4 is 4.72 Å². The summed E-state index contributed by atoms with van der Waals surface area (Å²) < 4.78 is 26.6. The summed E-state index contributed by atoms with van der Waals surface area (Å²) in [6, 6.07) is 0. The van der Waals surface area contributed by atoms with E-state index in [9.17, 15) is 18.3 Å². The lowest BCUT2D eigenvalue weighted by molar-refractivity contribution is -0.146. The lowest BCUT2D eigenvalue weighted by Crippen LogP contribution is -2.56. The van der Waals surface area contributed by atoms with Gasteiger partial charge in [-0.2, -0.15) is 9.82 Å². The third-order valence-electron chi connectivity index (χ3n) is 3.52. The van der Waals surface area contributed by atoms with E-state index in [1.54, 1.807) is 0 Å². The summed E-state index contributed by atoms with van der Waals surface area (Å²) in [6.45, 7) is 1.93. The van der Waals surface area contributed by atoms with Gasteiger partial charge in [0.1, 0.15) is 10.4 Å². The Balaban J connectivity index is 2.29. The molecular formula is C11H17N3O4S. The van der Waals surface area contributed by atoms with E-state index in [0.717, 1.165) is 12.6 Å². The first-order valence-electron chi connectivity index (χ1n) is 6.12. The Labute approximate surface area is 111 Å². The smallest absolute Gasteiger partial charge is 0.324 e. The number of carbonyl (C=O) groups is 1. The van der Waals surface area contributed by atoms with Crippen molar-refractivity contribution in [3.63, 3.8) is 0 Å². The van der Waals surface area contributed by atoms with E-state index in [-0.39, 0.29) is 10.8 Å². The first-order chi connectivity index (χ1) is 8.86. The molecular weight excluding hydrogens is 270 g/mol. The zero-order chi connectivity index (χ0) is 14.1. The molecule has 0 radical (unpaired) electrons. The van der Waals surface area contributed by atoms with Crippen LogP contribution in [0.4, 0.5) is 0 Å². The van der Waals surface area contributed by atoms with Gasteiger partial charge in [-0.15, -0.1) is 0 Å². The quantitative estimate of drug-likeness (QED) is 0.755. The van der Waals surface area contributed by atoms with Crippen LogP contribution in [0, 0.1) is 5.92 Å². The first-order valence-corrected chi connectivity index (χ1v) is 7.60. The molecule has 0 spiro atoms. The van der Waals surface area contributed by atoms with Crippen molar-refractivity contribution in [2.75, 3.05) is 0 Å². The number of nitrogens with zero attached hydrogens (tertiary/aromatic N) is 1. The van der Waals surface area contributed by atoms with Crippen LogP contribution in [-0.2, 0) is 14.8 Å². The highest BCUT2D eigenvalue weighted by atomic mass is 32.2. The number of aromatic amines is 1. The van der Waals surface area contributed by atoms with Gasteiger partial charge in [0.2, 0.25) is 10.0 Å². The Hall–Kier alpha value is -1.41. The number of rotatable bonds is 4. The minimum Gasteiger partial charge on any atom is -0.480 e. The molecule has 19 heavy (non-hydrogen) atoms. The van der Waals surface area contributed by atoms with Crippen LogP contribution in [0.25, 0.3) is 0 Å². The van der Waals surface area contributed by atoms with E-state index < -0.39 is 21.5 Å². The molecule has 3 N–H and O–H groups in total. The van der Waals surface area contributed by atoms with Crippen molar-refractivity contribution in [1.29, 1.82) is 0 Å². The number of hydrogen-bond acceptors (Lipinski definition) is 4. The highest BCUT2D eigenvalue weighted by Gasteiger charge is 2.45. The normalized spacial score (nSPS) is 28.2. The molecule has 0 aliphatic heterocycles. The molecule has 2 rings (SSSR count). The number of aliphatic carboxylic acids is 1. The van der Waals surface area contributed by atoms with E-state index >= 15 is 0 Å². The molecule has 0 aromatic carbocycles. The highest BCUT2D eigenvalue weighted by molar-refractivity contribution is 7.89. The Morgan fingerprint density at radius 1 is 1.63 bits per heavy atom. The van der Waals surface area contributed by atoms with Gasteiger partial charge in [0.05, 0.1) is 6.20 Å². The molecule has 0 saturated heterocycles. The molecule has 1 fully saturated rings. The fourth-order valence-corrected chi connectivity index (χ4v) is 3.89. The van der Waals surface area contributed by atoms with Crippen LogP contribution in [0.15, 0.2) is 17.3 Å². The summed E-state index contributed by atoms with van der Waals surface area (Å²) >= 11 is 0. The Morgan fingerprint density at radius 2 is 2.37 bits per heavy atom. The van der Waals surface area contributed by atoms with Gasteiger partial charge in [0, 0.05) is 6.20 Å². The molecule has 1 aromatic rings. The average Bonchev–Trinajstić information content (AvgIpc) is 2.82. The van der Waals surface area contributed by atoms with Crippen molar-refractivity contribution >= 4 is 16.0 Å². The molecule has 106 valence electrons. The maximum Gasteiger partial charge on any atom is 0.324 e. The number of H-pyrrole nitrogens is 1. The van der Waals surface area contributed by atoms with E-state index in [2.05, 4.69) is 14.9 Å². The molecule has 7 nitrogen and oxygen atoms in total. The van der Waals surface area contributed by atoms with E-state index in [1.807, 2.05) is 6.92 Å². The second-order valence-corrected chi connectivity index (χ2v) is 6.81. The summed E-state index contributed by atoms with van der Waals surface area (Å²) in [4.78, 5) is 11.5. The molecule has 2 atom stereocenters. The number of carboxylic acids is 1. The van der Waals surface area contributed by atoms with Crippen LogP contribution in [0.5, 0.6) is 0 Å². The number of sulfonamides is 1. The van der Waals surface area contributed by atoms with Gasteiger partial charge in [-0.1, -0.05) is 19.8 Å². The average molecular weight is 287 g/mol. The molecule has 8 heteroatoms. The summed E-state index contributed by atoms with van der Waals surface area (Å²) in [5, 5.41) is 15.4. The van der Waals surface area contributed by atoms with Gasteiger partial charge in [-0.3, -0.25) is 9.89 Å². The minimum atomic E-state index is -3.87. The topological polar surface area (TPSA) is 112 Å². The standard InChI is InChI=1S/C11H17N3O4S/c1-8-3-2-4-11(5-8,10(15)16)14-19(17,18)9-6-12-13-7-9/h6-8,14H,2-5H2,1H3,(H,12,13)(H,15,16). The lowest BCUT2D eigenvalue weighted by Gasteiger charge is -2.36. The summed E-state index contributed by atoms with van der Waals surface area (Å²) in [5.74, 6) is -0.942. The summed E-state index contributed by atoms with van der Waals surface area (Å²) in [6.07, 6.45) is 4.61. The van der Waals surface area contributed by atoms with E-state index in [1.165, 1.54) is 6.20 Å². The second-order valence-electron chi connectivity index (χ2n) is 5.13. The van der Waals surface area contributed by atoms with Crippen molar-refractivity contribution < 1.29 is 18.3 Å². The molecule has 2 unspecified atom stereocenters. The monoisotopic (exact) mass is 287 g/mol. The van der Waals surface area contributed by atoms with Gasteiger partial charge in [-0.05, 0) is 18.8 Å². The van der Waals surface area contributed by atoms with Crippen LogP contribution in [-0.4, -0.2) is 35.2 Å². The Kier molecular flexibility index (Phi) is 3.64. The van der Waals surface area contributed by atoms with Gasteiger partial charge in [0.15, 0.2) is 0 Å². The largest absolute Gasteiger partial charge is 0.480 e. The summed E-state index contributed by atoms with van der Waals surface area (Å²) in [5.41, 5.74) is -1.41. The number of nitrogens with one attached hydrogen (secondary N) is 2. The molecule has 0 bridgehead atoms. The van der Waals surface area contributed by atoms with Crippen molar-refractivity contribution in [2.24, 2.45) is 5.92 Å². The van der Waals surface area contributed by atoms with Gasteiger partial charge < -0.3 is 5.11 Å². The van der Waals surface area contributed by atoms with Crippen LogP contribution >= 0.6 is 0 Å².